The van der Waals surface area contributed by atoms with Gasteiger partial charge >= 0.3 is 0 Å². The number of carbonyl (C=O) groups is 8. The van der Waals surface area contributed by atoms with Crippen LogP contribution in [0.4, 0.5) is 0 Å². The van der Waals surface area contributed by atoms with Gasteiger partial charge in [-0.25, -0.2) is 0 Å². The number of guanidine groups is 1. The largest absolute Gasteiger partial charge is 0.391 e. The number of rotatable bonds is 27. The van der Waals surface area contributed by atoms with Crippen molar-refractivity contribution in [3.8, 4) is 0 Å². The molecule has 354 valence electrons. The zero-order valence-corrected chi connectivity index (χ0v) is 38.2. The molecule has 8 amide bonds. The van der Waals surface area contributed by atoms with E-state index < -0.39 is 102 Å². The Morgan fingerprint density at radius 1 is 0.694 bits per heavy atom. The van der Waals surface area contributed by atoms with Gasteiger partial charge in [0.15, 0.2) is 5.96 Å². The second-order valence-corrected chi connectivity index (χ2v) is 16.4. The second kappa shape index (κ2) is 27.8. The van der Waals surface area contributed by atoms with E-state index >= 15 is 0 Å². The number of nitrogens with zero attached hydrogens (tertiary/aromatic N) is 2. The lowest BCUT2D eigenvalue weighted by Crippen LogP contribution is -2.63. The first kappa shape index (κ1) is 55.0. The van der Waals surface area contributed by atoms with E-state index in [4.69, 9.17) is 17.2 Å². The SMILES string of the molecule is CCC[C@H](NC(=O)[C@@H](NC(=O)[C@H](NC(=O)[C@@H](NC(=O)CN)C(C)C)[C@@H](C)CC)[C@@H](C)O)C(=O)N[C@H](C(=O)N[C@@H](CCCN=C(N)N)C(=O)N1CCC[C@H]1C(=O)NCC)[C@@H](C)CC. The first-order chi connectivity index (χ1) is 29.2. The summed E-state index contributed by atoms with van der Waals surface area (Å²) in [7, 11) is 0. The molecule has 0 unspecified atom stereocenters. The molecule has 21 heteroatoms. The third kappa shape index (κ3) is 17.4. The first-order valence-electron chi connectivity index (χ1n) is 22.0. The van der Waals surface area contributed by atoms with Crippen LogP contribution in [-0.2, 0) is 38.4 Å². The van der Waals surface area contributed by atoms with Crippen LogP contribution in [0.15, 0.2) is 4.99 Å². The Hall–Kier alpha value is -5.05. The summed E-state index contributed by atoms with van der Waals surface area (Å²) in [5.74, 6) is -6.36. The molecule has 1 saturated heterocycles. The van der Waals surface area contributed by atoms with E-state index in [2.05, 4.69) is 42.2 Å². The number of likely N-dealkylation sites (N-methyl/N-ethyl adjacent to an activating group) is 1. The molecule has 1 heterocycles. The number of likely N-dealkylation sites (tertiary alicyclic amines) is 1. The zero-order valence-electron chi connectivity index (χ0n) is 38.2. The van der Waals surface area contributed by atoms with Crippen LogP contribution in [0.25, 0.3) is 0 Å². The molecule has 1 aliphatic rings. The highest BCUT2D eigenvalue weighted by molar-refractivity contribution is 5.98. The van der Waals surface area contributed by atoms with Crippen LogP contribution in [0.3, 0.4) is 0 Å². The molecule has 21 nitrogen and oxygen atoms in total. The van der Waals surface area contributed by atoms with Gasteiger partial charge in [-0.2, -0.15) is 0 Å². The van der Waals surface area contributed by atoms with Crippen molar-refractivity contribution in [2.45, 2.75) is 162 Å². The van der Waals surface area contributed by atoms with Crippen molar-refractivity contribution in [3.63, 3.8) is 0 Å². The third-order valence-electron chi connectivity index (χ3n) is 11.1. The van der Waals surface area contributed by atoms with Gasteiger partial charge in [0.1, 0.15) is 42.3 Å². The zero-order chi connectivity index (χ0) is 47.3. The number of hydrogen-bond donors (Lipinski definition) is 11. The van der Waals surface area contributed by atoms with E-state index in [0.29, 0.717) is 51.6 Å². The van der Waals surface area contributed by atoms with Gasteiger partial charge < -0.3 is 64.4 Å². The van der Waals surface area contributed by atoms with Crippen molar-refractivity contribution in [1.29, 1.82) is 0 Å². The Morgan fingerprint density at radius 2 is 1.21 bits per heavy atom. The molecular formula is C41H76N12O9. The summed E-state index contributed by atoms with van der Waals surface area (Å²) in [4.78, 5) is 113. The van der Waals surface area contributed by atoms with E-state index in [1.165, 1.54) is 11.8 Å². The Morgan fingerprint density at radius 3 is 1.71 bits per heavy atom. The third-order valence-corrected chi connectivity index (χ3v) is 11.1. The van der Waals surface area contributed by atoms with Gasteiger partial charge in [0.2, 0.25) is 47.3 Å². The van der Waals surface area contributed by atoms with Gasteiger partial charge in [0, 0.05) is 19.6 Å². The van der Waals surface area contributed by atoms with Crippen molar-refractivity contribution in [1.82, 2.24) is 42.1 Å². The van der Waals surface area contributed by atoms with Gasteiger partial charge in [-0.05, 0) is 63.7 Å². The predicted octanol–water partition coefficient (Wildman–Crippen LogP) is -2.04. The monoisotopic (exact) mass is 881 g/mol. The maximum atomic E-state index is 14.1. The summed E-state index contributed by atoms with van der Waals surface area (Å²) in [6.45, 7) is 15.9. The van der Waals surface area contributed by atoms with Crippen molar-refractivity contribution in [2.75, 3.05) is 26.2 Å². The number of nitrogens with two attached hydrogens (primary N) is 3. The maximum Gasteiger partial charge on any atom is 0.245 e. The number of hydrogen-bond acceptors (Lipinski definition) is 11. The van der Waals surface area contributed by atoms with Crippen molar-refractivity contribution in [2.24, 2.45) is 39.9 Å². The molecule has 0 aliphatic carbocycles. The van der Waals surface area contributed by atoms with Crippen LogP contribution in [0.5, 0.6) is 0 Å². The topological polar surface area (TPSA) is 335 Å². The molecule has 1 fully saturated rings. The summed E-state index contributed by atoms with van der Waals surface area (Å²) < 4.78 is 0. The highest BCUT2D eigenvalue weighted by atomic mass is 16.3. The summed E-state index contributed by atoms with van der Waals surface area (Å²) >= 11 is 0. The molecule has 0 aromatic carbocycles. The van der Waals surface area contributed by atoms with E-state index in [-0.39, 0.29) is 43.7 Å². The fraction of sp³-hybridized carbons (Fsp3) is 0.780. The lowest BCUT2D eigenvalue weighted by Gasteiger charge is -2.32. The van der Waals surface area contributed by atoms with Gasteiger partial charge in [0.05, 0.1) is 12.6 Å². The van der Waals surface area contributed by atoms with Crippen molar-refractivity contribution < 1.29 is 43.5 Å². The van der Waals surface area contributed by atoms with E-state index in [0.717, 1.165) is 0 Å². The Kier molecular flexibility index (Phi) is 24.7. The lowest BCUT2D eigenvalue weighted by atomic mass is 9.95. The molecule has 0 radical (unpaired) electrons. The number of carbonyl (C=O) groups excluding carboxylic acids is 8. The average Bonchev–Trinajstić information content (AvgIpc) is 3.72. The van der Waals surface area contributed by atoms with Gasteiger partial charge in [0.25, 0.3) is 0 Å². The number of aliphatic hydroxyl groups is 1. The molecule has 0 bridgehead atoms. The maximum absolute atomic E-state index is 14.1. The van der Waals surface area contributed by atoms with Crippen LogP contribution in [0, 0.1) is 17.8 Å². The van der Waals surface area contributed by atoms with Crippen LogP contribution in [0.2, 0.25) is 0 Å². The Balaban J connectivity index is 3.35. The fourth-order valence-corrected chi connectivity index (χ4v) is 6.95. The predicted molar refractivity (Wildman–Crippen MR) is 234 cm³/mol. The standard InChI is InChI=1S/C41H76N12O9/c1-10-16-26(47-39(61)33(25(9)54)52-38(60)32(24(8)12-3)51-36(58)30(22(5)6)49-29(55)21-42)34(56)50-31(23(7)11-2)37(59)48-27(17-14-19-46-41(43)44)40(62)53-20-15-18-28(53)35(57)45-13-4/h22-28,30-33,54H,10-21,42H2,1-9H3,(H,45,57)(H,47,61)(H,48,59)(H,49,55)(H,50,56)(H,51,58)(H,52,60)(H4,43,44,46)/t23-,24-,25+,26-,27-,28-,30-,31-,32+,33-/m0/s1. The minimum Gasteiger partial charge on any atom is -0.391 e. The average molecular weight is 881 g/mol. The Bertz CT molecular complexity index is 1540. The van der Waals surface area contributed by atoms with Crippen molar-refractivity contribution in [3.05, 3.63) is 0 Å². The minimum absolute atomic E-state index is 0.117. The van der Waals surface area contributed by atoms with Crippen LogP contribution < -0.4 is 54.4 Å². The number of aliphatic imine (C=N–C) groups is 1. The number of nitrogens with one attached hydrogen (secondary N) is 7. The molecule has 14 N–H and O–H groups in total. The summed E-state index contributed by atoms with van der Waals surface area (Å²) in [6, 6.07) is -7.90. The molecule has 0 saturated carbocycles. The van der Waals surface area contributed by atoms with E-state index in [1.54, 1.807) is 48.5 Å². The fourth-order valence-electron chi connectivity index (χ4n) is 6.95. The minimum atomic E-state index is -1.57. The quantitative estimate of drug-likeness (QED) is 0.0242. The molecule has 10 atom stereocenters. The molecule has 0 aromatic heterocycles. The van der Waals surface area contributed by atoms with Gasteiger partial charge in [-0.3, -0.25) is 43.3 Å². The lowest BCUT2D eigenvalue weighted by molar-refractivity contribution is -0.142. The highest BCUT2D eigenvalue weighted by Crippen LogP contribution is 2.21. The second-order valence-electron chi connectivity index (χ2n) is 16.4. The highest BCUT2D eigenvalue weighted by Gasteiger charge is 2.40. The summed E-state index contributed by atoms with van der Waals surface area (Å²) in [6.07, 6.45) is 1.48. The van der Waals surface area contributed by atoms with Crippen LogP contribution >= 0.6 is 0 Å². The smallest absolute Gasteiger partial charge is 0.245 e. The van der Waals surface area contributed by atoms with E-state index in [1.807, 2.05) is 6.92 Å². The van der Waals surface area contributed by atoms with Crippen LogP contribution in [0.1, 0.15) is 114 Å². The molecular weight excluding hydrogens is 805 g/mol. The van der Waals surface area contributed by atoms with Gasteiger partial charge in [-0.15, -0.1) is 0 Å². The van der Waals surface area contributed by atoms with Gasteiger partial charge in [-0.1, -0.05) is 67.7 Å². The van der Waals surface area contributed by atoms with E-state index in [9.17, 15) is 43.5 Å². The Labute approximate surface area is 366 Å². The van der Waals surface area contributed by atoms with Crippen LogP contribution in [-0.4, -0.2) is 138 Å². The molecule has 0 aromatic rings. The normalized spacial score (nSPS) is 18.0. The summed E-state index contributed by atoms with van der Waals surface area (Å²) in [5.41, 5.74) is 16.4. The first-order valence-corrected chi connectivity index (χ1v) is 22.0. The number of amides is 8. The molecule has 0 spiro atoms. The molecule has 62 heavy (non-hydrogen) atoms. The number of aliphatic hydroxyl groups excluding tert-OH is 1. The summed E-state index contributed by atoms with van der Waals surface area (Å²) in [5, 5.41) is 29.4. The molecule has 1 aliphatic heterocycles. The molecule has 1 rings (SSSR count). The van der Waals surface area contributed by atoms with Crippen molar-refractivity contribution >= 4 is 53.2 Å².